The fraction of sp³-hybridized carbons (Fsp3) is 0.208. The van der Waals surface area contributed by atoms with Crippen molar-refractivity contribution in [2.24, 2.45) is 0 Å². The van der Waals surface area contributed by atoms with E-state index in [1.165, 1.54) is 24.3 Å². The number of amides is 1. The molecule has 0 bridgehead atoms. The van der Waals surface area contributed by atoms with Crippen LogP contribution in [0.4, 0.5) is 13.2 Å². The molecule has 0 atom stereocenters. The molecule has 1 aliphatic carbocycles. The van der Waals surface area contributed by atoms with Crippen LogP contribution < -0.4 is 10.0 Å². The van der Waals surface area contributed by atoms with Gasteiger partial charge in [-0.05, 0) is 59.9 Å². The number of hydrogen-bond donors (Lipinski definition) is 2. The molecule has 172 valence electrons. The summed E-state index contributed by atoms with van der Waals surface area (Å²) >= 11 is 0. The number of benzene rings is 3. The van der Waals surface area contributed by atoms with Crippen LogP contribution in [0.25, 0.3) is 11.1 Å². The van der Waals surface area contributed by atoms with Gasteiger partial charge in [-0.25, -0.2) is 13.1 Å². The highest BCUT2D eigenvalue weighted by Gasteiger charge is 2.30. The summed E-state index contributed by atoms with van der Waals surface area (Å²) in [6, 6.07) is 17.5. The van der Waals surface area contributed by atoms with Gasteiger partial charge in [-0.15, -0.1) is 0 Å². The van der Waals surface area contributed by atoms with Gasteiger partial charge in [0.05, 0.1) is 10.5 Å². The van der Waals surface area contributed by atoms with Crippen molar-refractivity contribution in [3.05, 3.63) is 89.5 Å². The number of carbonyl (C=O) groups is 1. The number of sulfonamides is 1. The minimum atomic E-state index is -4.43. The predicted molar refractivity (Wildman–Crippen MR) is 118 cm³/mol. The first-order chi connectivity index (χ1) is 15.6. The minimum absolute atomic E-state index is 0.0127. The number of carbonyl (C=O) groups excluding carboxylic acids is 1. The second kappa shape index (κ2) is 8.99. The topological polar surface area (TPSA) is 75.3 Å². The summed E-state index contributed by atoms with van der Waals surface area (Å²) in [4.78, 5) is 13.0. The molecule has 33 heavy (non-hydrogen) atoms. The average molecular weight is 475 g/mol. The third-order valence-corrected chi connectivity index (χ3v) is 6.82. The van der Waals surface area contributed by atoms with E-state index in [1.807, 2.05) is 0 Å². The number of nitrogens with one attached hydrogen (secondary N) is 2. The first kappa shape index (κ1) is 23.0. The Morgan fingerprint density at radius 2 is 1.55 bits per heavy atom. The van der Waals surface area contributed by atoms with Gasteiger partial charge < -0.3 is 5.32 Å². The molecule has 1 aliphatic rings. The summed E-state index contributed by atoms with van der Waals surface area (Å²) in [5, 5.41) is 2.78. The Bertz CT molecular complexity index is 1250. The lowest BCUT2D eigenvalue weighted by molar-refractivity contribution is -0.137. The summed E-state index contributed by atoms with van der Waals surface area (Å²) in [6.45, 7) is 0.163. The number of hydrogen-bond acceptors (Lipinski definition) is 3. The van der Waals surface area contributed by atoms with E-state index in [1.54, 1.807) is 36.4 Å². The predicted octanol–water partition coefficient (Wildman–Crippen LogP) is 4.74. The standard InChI is InChI=1S/C24H21F3N2O3S/c25-24(26,27)18-9-7-17(8-10-18)21-3-1-2-4-22(21)23(30)28-15-16-5-13-20(14-6-16)33(31,32)29-19-11-12-19/h1-10,13-14,19,29H,11-12,15H2,(H,28,30). The zero-order valence-corrected chi connectivity index (χ0v) is 18.2. The molecule has 1 fully saturated rings. The molecule has 0 aromatic heterocycles. The Labute approximate surface area is 189 Å². The molecule has 2 N–H and O–H groups in total. The van der Waals surface area contributed by atoms with Crippen molar-refractivity contribution in [2.75, 3.05) is 0 Å². The Hall–Kier alpha value is -3.17. The van der Waals surface area contributed by atoms with Crippen LogP contribution in [0.15, 0.2) is 77.7 Å². The molecule has 0 saturated heterocycles. The van der Waals surface area contributed by atoms with Gasteiger partial charge in [0, 0.05) is 18.2 Å². The van der Waals surface area contributed by atoms with E-state index in [9.17, 15) is 26.4 Å². The van der Waals surface area contributed by atoms with Crippen molar-refractivity contribution in [2.45, 2.75) is 36.5 Å². The van der Waals surface area contributed by atoms with Gasteiger partial charge in [0.25, 0.3) is 5.91 Å². The lowest BCUT2D eigenvalue weighted by atomic mass is 9.98. The van der Waals surface area contributed by atoms with Crippen LogP contribution in [0.3, 0.4) is 0 Å². The third-order valence-electron chi connectivity index (χ3n) is 5.28. The third kappa shape index (κ3) is 5.61. The molecule has 1 amide bonds. The Balaban J connectivity index is 1.45. The average Bonchev–Trinajstić information content (AvgIpc) is 3.60. The van der Waals surface area contributed by atoms with Crippen molar-refractivity contribution in [3.8, 4) is 11.1 Å². The molecule has 3 aromatic carbocycles. The van der Waals surface area contributed by atoms with E-state index in [0.29, 0.717) is 22.3 Å². The zero-order chi connectivity index (χ0) is 23.6. The molecule has 0 aliphatic heterocycles. The first-order valence-corrected chi connectivity index (χ1v) is 11.8. The fourth-order valence-corrected chi connectivity index (χ4v) is 4.63. The summed E-state index contributed by atoms with van der Waals surface area (Å²) in [5.41, 5.74) is 1.28. The summed E-state index contributed by atoms with van der Waals surface area (Å²) in [7, 11) is -3.54. The van der Waals surface area contributed by atoms with E-state index < -0.39 is 27.7 Å². The molecule has 1 saturated carbocycles. The van der Waals surface area contributed by atoms with Crippen LogP contribution in [0.5, 0.6) is 0 Å². The highest BCUT2D eigenvalue weighted by Crippen LogP contribution is 2.32. The molecule has 3 aromatic rings. The minimum Gasteiger partial charge on any atom is -0.348 e. The number of rotatable bonds is 7. The van der Waals surface area contributed by atoms with E-state index in [-0.39, 0.29) is 17.5 Å². The summed E-state index contributed by atoms with van der Waals surface area (Å²) in [5.74, 6) is -0.391. The van der Waals surface area contributed by atoms with Crippen LogP contribution >= 0.6 is 0 Å². The van der Waals surface area contributed by atoms with Gasteiger partial charge in [0.15, 0.2) is 0 Å². The van der Waals surface area contributed by atoms with E-state index in [0.717, 1.165) is 25.0 Å². The van der Waals surface area contributed by atoms with Crippen molar-refractivity contribution in [1.29, 1.82) is 0 Å². The lowest BCUT2D eigenvalue weighted by Crippen LogP contribution is -2.26. The highest BCUT2D eigenvalue weighted by atomic mass is 32.2. The van der Waals surface area contributed by atoms with Crippen LogP contribution in [-0.2, 0) is 22.7 Å². The van der Waals surface area contributed by atoms with Crippen molar-refractivity contribution < 1.29 is 26.4 Å². The SMILES string of the molecule is O=C(NCc1ccc(S(=O)(=O)NC2CC2)cc1)c1ccccc1-c1ccc(C(F)(F)F)cc1. The Morgan fingerprint density at radius 1 is 0.909 bits per heavy atom. The van der Waals surface area contributed by atoms with Gasteiger partial charge in [0.1, 0.15) is 0 Å². The Kier molecular flexibility index (Phi) is 6.27. The summed E-state index contributed by atoms with van der Waals surface area (Å²) < 4.78 is 65.6. The maximum atomic E-state index is 12.8. The number of halogens is 3. The van der Waals surface area contributed by atoms with Gasteiger partial charge in [-0.2, -0.15) is 13.2 Å². The van der Waals surface area contributed by atoms with Gasteiger partial charge >= 0.3 is 6.18 Å². The van der Waals surface area contributed by atoms with Gasteiger partial charge in [-0.3, -0.25) is 4.79 Å². The molecule has 4 rings (SSSR count). The second-order valence-electron chi connectivity index (χ2n) is 7.84. The van der Waals surface area contributed by atoms with Gasteiger partial charge in [-0.1, -0.05) is 42.5 Å². The lowest BCUT2D eigenvalue weighted by Gasteiger charge is -2.12. The second-order valence-corrected chi connectivity index (χ2v) is 9.56. The van der Waals surface area contributed by atoms with Crippen molar-refractivity contribution >= 4 is 15.9 Å². The molecule has 0 radical (unpaired) electrons. The highest BCUT2D eigenvalue weighted by molar-refractivity contribution is 7.89. The van der Waals surface area contributed by atoms with Crippen LogP contribution in [0, 0.1) is 0 Å². The monoisotopic (exact) mass is 474 g/mol. The maximum Gasteiger partial charge on any atom is 0.416 e. The quantitative estimate of drug-likeness (QED) is 0.519. The molecule has 9 heteroatoms. The molecule has 0 heterocycles. The molecule has 5 nitrogen and oxygen atoms in total. The first-order valence-electron chi connectivity index (χ1n) is 10.3. The molecule has 0 unspecified atom stereocenters. The molecule has 0 spiro atoms. The van der Waals surface area contributed by atoms with Crippen LogP contribution in [-0.4, -0.2) is 20.4 Å². The maximum absolute atomic E-state index is 12.8. The van der Waals surface area contributed by atoms with E-state index >= 15 is 0 Å². The van der Waals surface area contributed by atoms with E-state index in [2.05, 4.69) is 10.0 Å². The van der Waals surface area contributed by atoms with E-state index in [4.69, 9.17) is 0 Å². The van der Waals surface area contributed by atoms with Crippen molar-refractivity contribution in [3.63, 3.8) is 0 Å². The number of alkyl halides is 3. The largest absolute Gasteiger partial charge is 0.416 e. The summed E-state index contributed by atoms with van der Waals surface area (Å²) in [6.07, 6.45) is -2.74. The van der Waals surface area contributed by atoms with Crippen LogP contribution in [0.1, 0.15) is 34.3 Å². The molecular formula is C24H21F3N2O3S. The Morgan fingerprint density at radius 3 is 2.15 bits per heavy atom. The normalized spacial score (nSPS) is 14.2. The molecular weight excluding hydrogens is 453 g/mol. The van der Waals surface area contributed by atoms with Crippen LogP contribution in [0.2, 0.25) is 0 Å². The zero-order valence-electron chi connectivity index (χ0n) is 17.4. The van der Waals surface area contributed by atoms with Crippen molar-refractivity contribution in [1.82, 2.24) is 10.0 Å². The van der Waals surface area contributed by atoms with Gasteiger partial charge in [0.2, 0.25) is 10.0 Å². The fourth-order valence-electron chi connectivity index (χ4n) is 3.32. The smallest absolute Gasteiger partial charge is 0.348 e.